The van der Waals surface area contributed by atoms with Gasteiger partial charge < -0.3 is 14.8 Å². The molecule has 36 heavy (non-hydrogen) atoms. The highest BCUT2D eigenvalue weighted by atomic mass is 32.1. The minimum absolute atomic E-state index is 0.153. The van der Waals surface area contributed by atoms with Gasteiger partial charge in [0, 0.05) is 33.7 Å². The molecule has 0 spiro atoms. The monoisotopic (exact) mass is 511 g/mol. The van der Waals surface area contributed by atoms with Crippen molar-refractivity contribution in [1.82, 2.24) is 5.32 Å². The zero-order chi connectivity index (χ0) is 25.8. The molecule has 0 fully saturated rings. The number of thiophene rings is 1. The van der Waals surface area contributed by atoms with E-state index in [1.165, 1.54) is 23.5 Å². The van der Waals surface area contributed by atoms with Crippen molar-refractivity contribution in [3.8, 4) is 0 Å². The topological polar surface area (TPSA) is 81.7 Å². The summed E-state index contributed by atoms with van der Waals surface area (Å²) < 4.78 is 24.6. The quantitative estimate of drug-likeness (QED) is 0.379. The molecule has 8 heteroatoms. The highest BCUT2D eigenvalue weighted by Gasteiger charge is 2.49. The van der Waals surface area contributed by atoms with Crippen LogP contribution >= 0.6 is 11.3 Å². The first kappa shape index (κ1) is 25.8. The molecule has 0 amide bonds. The predicted molar refractivity (Wildman–Crippen MR) is 135 cm³/mol. The number of hydrogen-bond acceptors (Lipinski definition) is 7. The number of benzene rings is 1. The van der Waals surface area contributed by atoms with Crippen LogP contribution in [-0.2, 0) is 23.9 Å². The molecule has 1 N–H and O–H groups in total. The number of dihydropyridines is 1. The molecule has 2 aliphatic rings. The first-order chi connectivity index (χ1) is 17.4. The van der Waals surface area contributed by atoms with Gasteiger partial charge in [-0.05, 0) is 55.8 Å². The highest BCUT2D eigenvalue weighted by molar-refractivity contribution is 7.10. The van der Waals surface area contributed by atoms with Crippen molar-refractivity contribution < 1.29 is 28.2 Å². The lowest BCUT2D eigenvalue weighted by atomic mass is 9.68. The second-order valence-corrected chi connectivity index (χ2v) is 9.76. The minimum Gasteiger partial charge on any atom is -0.465 e. The van der Waals surface area contributed by atoms with Gasteiger partial charge in [0.1, 0.15) is 11.7 Å². The van der Waals surface area contributed by atoms with E-state index in [2.05, 4.69) is 5.32 Å². The lowest BCUT2D eigenvalue weighted by Crippen LogP contribution is -2.43. The Morgan fingerprint density at radius 2 is 1.81 bits per heavy atom. The number of Topliss-reactive ketones (excluding diaryl/α,β-unsaturated/α-hetero) is 1. The van der Waals surface area contributed by atoms with E-state index in [-0.39, 0.29) is 24.9 Å². The van der Waals surface area contributed by atoms with E-state index in [1.54, 1.807) is 26.0 Å². The summed E-state index contributed by atoms with van der Waals surface area (Å²) in [4.78, 5) is 41.5. The first-order valence-corrected chi connectivity index (χ1v) is 13.2. The maximum absolute atomic E-state index is 14.2. The molecule has 2 heterocycles. The van der Waals surface area contributed by atoms with Gasteiger partial charge in [0.2, 0.25) is 0 Å². The number of halogens is 1. The number of rotatable bonds is 8. The van der Waals surface area contributed by atoms with Gasteiger partial charge in [0.25, 0.3) is 0 Å². The molecular formula is C28H30FNO5S. The van der Waals surface area contributed by atoms with Gasteiger partial charge in [-0.25, -0.2) is 9.18 Å². The van der Waals surface area contributed by atoms with Gasteiger partial charge in [0.05, 0.1) is 18.8 Å². The van der Waals surface area contributed by atoms with Crippen LogP contribution in [0.3, 0.4) is 0 Å². The summed E-state index contributed by atoms with van der Waals surface area (Å²) in [6.07, 6.45) is 1.74. The Bertz CT molecular complexity index is 1200. The van der Waals surface area contributed by atoms with Crippen molar-refractivity contribution in [1.29, 1.82) is 0 Å². The van der Waals surface area contributed by atoms with Crippen molar-refractivity contribution >= 4 is 29.1 Å². The average Bonchev–Trinajstić information content (AvgIpc) is 3.39. The molecular weight excluding hydrogens is 481 g/mol. The zero-order valence-corrected chi connectivity index (χ0v) is 21.5. The Hall–Kier alpha value is -3.26. The van der Waals surface area contributed by atoms with Crippen molar-refractivity contribution in [3.05, 3.63) is 80.6 Å². The minimum atomic E-state index is -1.04. The maximum atomic E-state index is 14.2. The Balaban J connectivity index is 1.91. The zero-order valence-electron chi connectivity index (χ0n) is 20.6. The Kier molecular flexibility index (Phi) is 8.04. The molecule has 0 saturated heterocycles. The van der Waals surface area contributed by atoms with Crippen LogP contribution in [0.2, 0.25) is 0 Å². The number of allylic oxidation sites excluding steroid dienone is 3. The molecule has 1 aromatic carbocycles. The standard InChI is InChI=1S/C28H30FNO5S/c1-4-8-19-25(28(33)35-6-3)22(16-10-12-17(29)13-11-16)24-20(30-19)15-18(21-9-7-14-36-21)23(26(24)31)27(32)34-5-2/h7,9-14,18,22-23,30H,4-6,8,15H2,1-3H3/t18-,22+,23+/m1/s1. The number of carbonyl (C=O) groups is 3. The van der Waals surface area contributed by atoms with E-state index in [4.69, 9.17) is 9.47 Å². The van der Waals surface area contributed by atoms with Crippen LogP contribution < -0.4 is 5.32 Å². The first-order valence-electron chi connectivity index (χ1n) is 12.3. The van der Waals surface area contributed by atoms with Crippen molar-refractivity contribution in [3.63, 3.8) is 0 Å². The normalized spacial score (nSPS) is 21.7. The van der Waals surface area contributed by atoms with Gasteiger partial charge in [0.15, 0.2) is 5.78 Å². The highest BCUT2D eigenvalue weighted by Crippen LogP contribution is 2.49. The third kappa shape index (κ3) is 4.87. The third-order valence-electron chi connectivity index (χ3n) is 6.55. The summed E-state index contributed by atoms with van der Waals surface area (Å²) in [7, 11) is 0. The second-order valence-electron chi connectivity index (χ2n) is 8.78. The van der Waals surface area contributed by atoms with Crippen LogP contribution in [0.5, 0.6) is 0 Å². The lowest BCUT2D eigenvalue weighted by molar-refractivity contribution is -0.152. The van der Waals surface area contributed by atoms with Gasteiger partial charge in [-0.1, -0.05) is 31.5 Å². The van der Waals surface area contributed by atoms with Crippen LogP contribution in [0.15, 0.2) is 64.3 Å². The van der Waals surface area contributed by atoms with Crippen LogP contribution in [0.25, 0.3) is 0 Å². The summed E-state index contributed by atoms with van der Waals surface area (Å²) in [5, 5.41) is 5.31. The van der Waals surface area contributed by atoms with Crippen molar-refractivity contribution in [2.75, 3.05) is 13.2 Å². The van der Waals surface area contributed by atoms with E-state index >= 15 is 0 Å². The smallest absolute Gasteiger partial charge is 0.336 e. The third-order valence-corrected chi connectivity index (χ3v) is 7.56. The number of ether oxygens (including phenoxy) is 2. The molecule has 1 aromatic heterocycles. The summed E-state index contributed by atoms with van der Waals surface area (Å²) in [6.45, 7) is 5.76. The Labute approximate surface area is 214 Å². The second kappa shape index (κ2) is 11.2. The largest absolute Gasteiger partial charge is 0.465 e. The predicted octanol–water partition coefficient (Wildman–Crippen LogP) is 5.38. The summed E-state index contributed by atoms with van der Waals surface area (Å²) in [5.41, 5.74) is 2.64. The molecule has 4 rings (SSSR count). The van der Waals surface area contributed by atoms with E-state index < -0.39 is 29.6 Å². The van der Waals surface area contributed by atoms with Crippen molar-refractivity contribution in [2.45, 2.75) is 51.9 Å². The van der Waals surface area contributed by atoms with Gasteiger partial charge in [-0.3, -0.25) is 9.59 Å². The fourth-order valence-electron chi connectivity index (χ4n) is 5.11. The molecule has 0 saturated carbocycles. The summed E-state index contributed by atoms with van der Waals surface area (Å²) >= 11 is 1.49. The van der Waals surface area contributed by atoms with Crippen LogP contribution in [0.4, 0.5) is 4.39 Å². The fourth-order valence-corrected chi connectivity index (χ4v) is 5.97. The molecule has 190 valence electrons. The number of carbonyl (C=O) groups excluding carboxylic acids is 3. The van der Waals surface area contributed by atoms with Crippen LogP contribution in [0.1, 0.15) is 62.3 Å². The van der Waals surface area contributed by atoms with E-state index in [0.29, 0.717) is 40.9 Å². The summed E-state index contributed by atoms with van der Waals surface area (Å²) in [5.74, 6) is -4.12. The molecule has 0 bridgehead atoms. The maximum Gasteiger partial charge on any atom is 0.336 e. The van der Waals surface area contributed by atoms with E-state index in [1.807, 2.05) is 24.4 Å². The molecule has 0 unspecified atom stereocenters. The molecule has 3 atom stereocenters. The molecule has 2 aromatic rings. The molecule has 0 radical (unpaired) electrons. The number of esters is 2. The average molecular weight is 512 g/mol. The van der Waals surface area contributed by atoms with Gasteiger partial charge in [-0.15, -0.1) is 11.3 Å². The number of hydrogen-bond donors (Lipinski definition) is 1. The van der Waals surface area contributed by atoms with Gasteiger partial charge in [-0.2, -0.15) is 0 Å². The molecule has 6 nitrogen and oxygen atoms in total. The number of ketones is 1. The molecule has 1 aliphatic carbocycles. The van der Waals surface area contributed by atoms with E-state index in [0.717, 1.165) is 11.3 Å². The van der Waals surface area contributed by atoms with Gasteiger partial charge >= 0.3 is 11.9 Å². The van der Waals surface area contributed by atoms with Crippen LogP contribution in [-0.4, -0.2) is 30.9 Å². The lowest BCUT2D eigenvalue weighted by Gasteiger charge is -2.39. The SMILES string of the molecule is CCCC1=C(C(=O)OCC)[C@@H](c2ccc(F)cc2)C2=C(C[C@H](c3cccs3)[C@H](C(=O)OCC)C2=O)N1. The van der Waals surface area contributed by atoms with E-state index in [9.17, 15) is 18.8 Å². The summed E-state index contributed by atoms with van der Waals surface area (Å²) in [6, 6.07) is 9.60. The number of nitrogens with one attached hydrogen (secondary N) is 1. The fraction of sp³-hybridized carbons (Fsp3) is 0.393. The van der Waals surface area contributed by atoms with Crippen molar-refractivity contribution in [2.24, 2.45) is 5.92 Å². The molecule has 1 aliphatic heterocycles. The Morgan fingerprint density at radius 3 is 2.42 bits per heavy atom. The Morgan fingerprint density at radius 1 is 1.08 bits per heavy atom. The van der Waals surface area contributed by atoms with Crippen LogP contribution in [0, 0.1) is 11.7 Å².